The van der Waals surface area contributed by atoms with Crippen molar-refractivity contribution in [1.82, 2.24) is 19.7 Å². The van der Waals surface area contributed by atoms with Crippen LogP contribution in [0, 0.1) is 5.92 Å². The number of aromatic nitrogens is 3. The molecule has 3 N–H and O–H groups in total. The molecule has 2 aromatic heterocycles. The Labute approximate surface area is 291 Å². The number of amides is 3. The molecule has 14 heteroatoms. The number of rotatable bonds is 12. The predicted molar refractivity (Wildman–Crippen MR) is 199 cm³/mol. The van der Waals surface area contributed by atoms with Crippen molar-refractivity contribution in [1.29, 1.82) is 0 Å². The number of nitrogens with one attached hydrogen (secondary N) is 1. The number of nitrogens with two attached hydrogens (primary N) is 1. The summed E-state index contributed by atoms with van der Waals surface area (Å²) in [6.07, 6.45) is 5.76. The van der Waals surface area contributed by atoms with Gasteiger partial charge < -0.3 is 25.4 Å². The zero-order valence-corrected chi connectivity index (χ0v) is 32.2. The summed E-state index contributed by atoms with van der Waals surface area (Å²) in [4.78, 5) is 48.1. The normalized spacial score (nSPS) is 18.6. The molecule has 49 heavy (non-hydrogen) atoms. The molecular weight excluding hydrogens is 655 g/mol. The number of carbonyl (C=O) groups excluding carboxylic acids is 3. The minimum absolute atomic E-state index is 0.0546. The third-order valence-corrected chi connectivity index (χ3v) is 12.7. The van der Waals surface area contributed by atoms with E-state index >= 15 is 0 Å². The van der Waals surface area contributed by atoms with Gasteiger partial charge in [-0.1, -0.05) is 58.3 Å². The van der Waals surface area contributed by atoms with E-state index in [2.05, 4.69) is 67.7 Å². The second-order valence-corrected chi connectivity index (χ2v) is 27.2. The van der Waals surface area contributed by atoms with Crippen molar-refractivity contribution < 1.29 is 23.9 Å². The summed E-state index contributed by atoms with van der Waals surface area (Å²) in [7, 11) is -2.51. The van der Waals surface area contributed by atoms with Crippen molar-refractivity contribution in [2.24, 2.45) is 5.92 Å². The first-order chi connectivity index (χ1) is 23.1. The number of hydrogen-bond donors (Lipinski definition) is 2. The van der Waals surface area contributed by atoms with Crippen molar-refractivity contribution in [2.45, 2.75) is 96.7 Å². The van der Waals surface area contributed by atoms with Gasteiger partial charge in [0, 0.05) is 48.0 Å². The molecule has 0 aliphatic carbocycles. The molecule has 1 aromatic carbocycles. The molecule has 0 bridgehead atoms. The van der Waals surface area contributed by atoms with Crippen LogP contribution in [0.2, 0.25) is 51.4 Å². The van der Waals surface area contributed by atoms with E-state index in [0.29, 0.717) is 49.2 Å². The molecule has 2 aliphatic rings. The lowest BCUT2D eigenvalue weighted by Gasteiger charge is -2.39. The summed E-state index contributed by atoms with van der Waals surface area (Å²) in [6.45, 7) is 18.0. The SMILES string of the molecule is C[C@H]1CC[C@H](c2ccc3c(c2)CCC(=O)N3COCC[Si](C)(C)C)N(C(=O)C(=O)Nc2cnc(N)c3cnn(COCC[Si](C)(C)C)c23)C1. The molecular formula is C35H53N7O5Si2. The third kappa shape index (κ3) is 9.15. The number of piperidine rings is 1. The number of aryl methyl sites for hydroxylation is 1. The molecule has 12 nitrogen and oxygen atoms in total. The topological polar surface area (TPSA) is 145 Å². The van der Waals surface area contributed by atoms with Gasteiger partial charge in [0.25, 0.3) is 0 Å². The second kappa shape index (κ2) is 15.1. The van der Waals surface area contributed by atoms with E-state index in [4.69, 9.17) is 15.2 Å². The van der Waals surface area contributed by atoms with E-state index in [9.17, 15) is 14.4 Å². The average molecular weight is 708 g/mol. The number of fused-ring (bicyclic) bond motifs is 2. The Balaban J connectivity index is 1.32. The fourth-order valence-corrected chi connectivity index (χ4v) is 7.85. The van der Waals surface area contributed by atoms with E-state index in [1.165, 1.54) is 6.20 Å². The van der Waals surface area contributed by atoms with E-state index in [0.717, 1.165) is 41.7 Å². The number of carbonyl (C=O) groups is 3. The number of benzene rings is 1. The maximum Gasteiger partial charge on any atom is 0.314 e. The first-order valence-electron chi connectivity index (χ1n) is 17.4. The standard InChI is InChI=1S/C35H53N7O5Si2/c1-24-8-11-29(25-9-12-30-26(18-25)10-13-31(43)41(30)22-46-14-16-48(2,3)4)40(21-24)35(45)34(44)39-28-20-37-33(36)27-19-38-42(32(27)28)23-47-15-17-49(5,6)7/h9,12,18-20,24,29H,8,10-11,13-17,21-23H2,1-7H3,(H2,36,37)(H,39,44)/t24-,29+/m0/s1. The molecule has 3 amide bonds. The van der Waals surface area contributed by atoms with Gasteiger partial charge in [-0.25, -0.2) is 9.67 Å². The van der Waals surface area contributed by atoms with Gasteiger partial charge in [-0.15, -0.1) is 0 Å². The van der Waals surface area contributed by atoms with Crippen LogP contribution in [0.4, 0.5) is 17.2 Å². The maximum absolute atomic E-state index is 13.9. The highest BCUT2D eigenvalue weighted by atomic mass is 28.3. The summed E-state index contributed by atoms with van der Waals surface area (Å²) < 4.78 is 13.5. The molecule has 5 rings (SSSR count). The lowest BCUT2D eigenvalue weighted by atomic mass is 9.88. The molecule has 0 spiro atoms. The van der Waals surface area contributed by atoms with Gasteiger partial charge in [-0.2, -0.15) is 5.10 Å². The Bertz CT molecular complexity index is 1680. The number of ether oxygens (including phenoxy) is 2. The number of likely N-dealkylation sites (tertiary alicyclic amines) is 1. The minimum Gasteiger partial charge on any atom is -0.383 e. The largest absolute Gasteiger partial charge is 0.383 e. The predicted octanol–water partition coefficient (Wildman–Crippen LogP) is 5.86. The Kier molecular flexibility index (Phi) is 11.3. The molecule has 1 fully saturated rings. The molecule has 2 aliphatic heterocycles. The van der Waals surface area contributed by atoms with Gasteiger partial charge in [0.15, 0.2) is 0 Å². The molecule has 0 unspecified atom stereocenters. The highest BCUT2D eigenvalue weighted by Gasteiger charge is 2.36. The fourth-order valence-electron chi connectivity index (χ4n) is 6.33. The second-order valence-electron chi connectivity index (χ2n) is 16.0. The Morgan fingerprint density at radius 3 is 2.37 bits per heavy atom. The zero-order valence-electron chi connectivity index (χ0n) is 30.2. The van der Waals surface area contributed by atoms with Crippen LogP contribution in [0.15, 0.2) is 30.6 Å². The van der Waals surface area contributed by atoms with Crippen LogP contribution in [0.5, 0.6) is 0 Å². The van der Waals surface area contributed by atoms with Crippen LogP contribution in [0.25, 0.3) is 10.9 Å². The van der Waals surface area contributed by atoms with Gasteiger partial charge in [0.2, 0.25) is 5.91 Å². The van der Waals surface area contributed by atoms with E-state index in [1.54, 1.807) is 20.7 Å². The summed E-state index contributed by atoms with van der Waals surface area (Å²) in [5.41, 5.74) is 9.93. The summed E-state index contributed by atoms with van der Waals surface area (Å²) in [5.74, 6) is -0.775. The van der Waals surface area contributed by atoms with Gasteiger partial charge in [0.05, 0.1) is 35.0 Å². The van der Waals surface area contributed by atoms with E-state index < -0.39 is 28.0 Å². The number of nitrogens with zero attached hydrogens (tertiary/aromatic N) is 5. The molecule has 0 saturated carbocycles. The first kappa shape index (κ1) is 36.7. The van der Waals surface area contributed by atoms with Crippen LogP contribution in [0.3, 0.4) is 0 Å². The van der Waals surface area contributed by atoms with Crippen molar-refractivity contribution >= 4 is 62.0 Å². The number of nitrogen functional groups attached to an aromatic ring is 1. The van der Waals surface area contributed by atoms with Crippen molar-refractivity contribution in [3.8, 4) is 0 Å². The van der Waals surface area contributed by atoms with Gasteiger partial charge >= 0.3 is 11.8 Å². The number of hydrogen-bond acceptors (Lipinski definition) is 8. The van der Waals surface area contributed by atoms with Crippen LogP contribution in [-0.2, 0) is 37.0 Å². The molecule has 2 atom stereocenters. The van der Waals surface area contributed by atoms with Crippen molar-refractivity contribution in [3.63, 3.8) is 0 Å². The monoisotopic (exact) mass is 707 g/mol. The Hall–Kier alpha value is -3.60. The highest BCUT2D eigenvalue weighted by molar-refractivity contribution is 6.76. The number of anilines is 3. The van der Waals surface area contributed by atoms with Crippen molar-refractivity contribution in [2.75, 3.05) is 42.4 Å². The van der Waals surface area contributed by atoms with Crippen LogP contribution in [0.1, 0.15) is 43.4 Å². The lowest BCUT2D eigenvalue weighted by Crippen LogP contribution is -2.46. The van der Waals surface area contributed by atoms with Crippen LogP contribution < -0.4 is 16.0 Å². The van der Waals surface area contributed by atoms with E-state index in [-0.39, 0.29) is 37.1 Å². The van der Waals surface area contributed by atoms with Gasteiger partial charge in [-0.3, -0.25) is 19.3 Å². The van der Waals surface area contributed by atoms with Crippen molar-refractivity contribution in [3.05, 3.63) is 41.7 Å². The van der Waals surface area contributed by atoms with E-state index in [1.807, 2.05) is 12.1 Å². The first-order valence-corrected chi connectivity index (χ1v) is 24.8. The smallest absolute Gasteiger partial charge is 0.314 e. The molecule has 0 radical (unpaired) electrons. The van der Waals surface area contributed by atoms with Gasteiger partial charge in [0.1, 0.15) is 19.3 Å². The average Bonchev–Trinajstić information content (AvgIpc) is 3.47. The third-order valence-electron chi connectivity index (χ3n) is 9.34. The highest BCUT2D eigenvalue weighted by Crippen LogP contribution is 2.37. The molecule has 4 heterocycles. The minimum atomic E-state index is -1.27. The summed E-state index contributed by atoms with van der Waals surface area (Å²) in [5, 5.41) is 7.83. The summed E-state index contributed by atoms with van der Waals surface area (Å²) >= 11 is 0. The molecule has 1 saturated heterocycles. The van der Waals surface area contributed by atoms with Crippen LogP contribution >= 0.6 is 0 Å². The van der Waals surface area contributed by atoms with Gasteiger partial charge in [-0.05, 0) is 54.5 Å². The summed E-state index contributed by atoms with van der Waals surface area (Å²) in [6, 6.07) is 7.83. The fraction of sp³-hybridized carbons (Fsp3) is 0.571. The lowest BCUT2D eigenvalue weighted by molar-refractivity contribution is -0.146. The van der Waals surface area contributed by atoms with Crippen LogP contribution in [-0.4, -0.2) is 80.0 Å². The quantitative estimate of drug-likeness (QED) is 0.135. The zero-order chi connectivity index (χ0) is 35.5. The number of pyridine rings is 1. The molecule has 3 aromatic rings. The Morgan fingerprint density at radius 1 is 0.980 bits per heavy atom. The maximum atomic E-state index is 13.9. The molecule has 266 valence electrons. The Morgan fingerprint density at radius 2 is 1.67 bits per heavy atom.